The molecule has 3 rings (SSSR count). The molecule has 0 radical (unpaired) electrons. The average molecular weight is 464 g/mol. The van der Waals surface area contributed by atoms with Crippen LogP contribution in [-0.2, 0) is 9.22 Å². The number of rotatable bonds is 10. The summed E-state index contributed by atoms with van der Waals surface area (Å²) in [5, 5.41) is 12.4. The normalized spacial score (nSPS) is 11.7. The van der Waals surface area contributed by atoms with Gasteiger partial charge in [-0.25, -0.2) is 9.87 Å². The van der Waals surface area contributed by atoms with Crippen molar-refractivity contribution in [2.75, 3.05) is 19.0 Å². The van der Waals surface area contributed by atoms with Gasteiger partial charge >= 0.3 is 0 Å². The number of ether oxygens (including phenoxy) is 2. The molecular formula is C20H21N3O6S2. The van der Waals surface area contributed by atoms with Crippen LogP contribution in [0.4, 0.5) is 5.13 Å². The van der Waals surface area contributed by atoms with Crippen molar-refractivity contribution in [3.63, 3.8) is 0 Å². The molecule has 0 saturated heterocycles. The lowest BCUT2D eigenvalue weighted by Crippen LogP contribution is -2.17. The first-order valence-electron chi connectivity index (χ1n) is 9.16. The molecule has 0 aliphatic rings. The first kappa shape index (κ1) is 23.0. The largest absolute Gasteiger partial charge is 0.488 e. The first-order chi connectivity index (χ1) is 15.0. The van der Waals surface area contributed by atoms with E-state index in [1.807, 2.05) is 0 Å². The molecule has 9 nitrogen and oxygen atoms in total. The topological polar surface area (TPSA) is 112 Å². The molecule has 2 N–H and O–H groups in total. The summed E-state index contributed by atoms with van der Waals surface area (Å²) in [7, 11) is 1.43. The highest BCUT2D eigenvalue weighted by atomic mass is 32.2. The highest BCUT2D eigenvalue weighted by Gasteiger charge is 2.14. The third-order valence-electron chi connectivity index (χ3n) is 3.74. The number of nitrogens with one attached hydrogen (secondary N) is 1. The number of carbonyl (C=O) groups excluding carboxylic acids is 1. The van der Waals surface area contributed by atoms with Crippen LogP contribution in [-0.4, -0.2) is 40.2 Å². The van der Waals surface area contributed by atoms with E-state index in [1.54, 1.807) is 56.3 Å². The van der Waals surface area contributed by atoms with Gasteiger partial charge in [0.2, 0.25) is 5.13 Å². The van der Waals surface area contributed by atoms with Crippen molar-refractivity contribution in [1.82, 2.24) is 9.36 Å². The number of benzene rings is 2. The van der Waals surface area contributed by atoms with Crippen molar-refractivity contribution in [2.45, 2.75) is 24.8 Å². The number of aliphatic hydroxyl groups is 1. The number of hydrogen-bond acceptors (Lipinski definition) is 10. The molecule has 0 bridgehead atoms. The van der Waals surface area contributed by atoms with Crippen molar-refractivity contribution in [2.24, 2.45) is 0 Å². The highest BCUT2D eigenvalue weighted by molar-refractivity contribution is 7.94. The summed E-state index contributed by atoms with van der Waals surface area (Å²) in [6.45, 7) is 3.29. The van der Waals surface area contributed by atoms with E-state index in [-0.39, 0.29) is 12.5 Å². The zero-order chi connectivity index (χ0) is 22.2. The van der Waals surface area contributed by atoms with Gasteiger partial charge in [-0.2, -0.15) is 8.71 Å². The molecule has 0 saturated carbocycles. The summed E-state index contributed by atoms with van der Waals surface area (Å²) in [6.07, 6.45) is -0.450. The molecule has 1 atom stereocenters. The van der Waals surface area contributed by atoms with Gasteiger partial charge < -0.3 is 14.6 Å². The molecule has 0 spiro atoms. The number of anilines is 1. The summed E-state index contributed by atoms with van der Waals surface area (Å²) in [5.41, 5.74) is 0.311. The minimum atomic E-state index is -0.450. The Kier molecular flexibility index (Phi) is 8.20. The Labute approximate surface area is 187 Å². The Morgan fingerprint density at radius 3 is 2.58 bits per heavy atom. The van der Waals surface area contributed by atoms with Crippen LogP contribution in [0.15, 0.2) is 47.4 Å². The molecule has 1 amide bonds. The minimum Gasteiger partial charge on any atom is -0.488 e. The van der Waals surface area contributed by atoms with Gasteiger partial charge in [0.15, 0.2) is 0 Å². The Balaban J connectivity index is 1.81. The van der Waals surface area contributed by atoms with E-state index in [9.17, 15) is 9.90 Å². The van der Waals surface area contributed by atoms with Crippen LogP contribution in [0, 0.1) is 6.92 Å². The first-order valence-corrected chi connectivity index (χ1v) is 10.7. The molecule has 1 aromatic heterocycles. The van der Waals surface area contributed by atoms with Crippen LogP contribution in [0.5, 0.6) is 17.2 Å². The monoisotopic (exact) mass is 463 g/mol. The van der Waals surface area contributed by atoms with E-state index in [0.29, 0.717) is 33.8 Å². The predicted molar refractivity (Wildman–Crippen MR) is 117 cm³/mol. The number of aryl methyl sites for hydroxylation is 1. The fourth-order valence-corrected chi connectivity index (χ4v) is 3.35. The summed E-state index contributed by atoms with van der Waals surface area (Å²) in [4.78, 5) is 22.2. The van der Waals surface area contributed by atoms with E-state index in [4.69, 9.17) is 13.8 Å². The lowest BCUT2D eigenvalue weighted by Gasteiger charge is -2.15. The second-order valence-electron chi connectivity index (χ2n) is 6.30. The Morgan fingerprint density at radius 1 is 1.19 bits per heavy atom. The molecule has 0 fully saturated rings. The van der Waals surface area contributed by atoms with E-state index in [0.717, 1.165) is 28.5 Å². The zero-order valence-corrected chi connectivity index (χ0v) is 18.7. The molecule has 0 aliphatic heterocycles. The predicted octanol–water partition coefficient (Wildman–Crippen LogP) is 4.24. The van der Waals surface area contributed by atoms with Crippen LogP contribution < -0.4 is 14.8 Å². The fraction of sp³-hybridized carbons (Fsp3) is 0.250. The maximum absolute atomic E-state index is 12.7. The van der Waals surface area contributed by atoms with E-state index in [2.05, 4.69) is 19.6 Å². The van der Waals surface area contributed by atoms with Gasteiger partial charge in [0.05, 0.1) is 25.8 Å². The summed E-state index contributed by atoms with van der Waals surface area (Å²) < 4.78 is 20.5. The number of hydrogen-bond donors (Lipinski definition) is 2. The van der Waals surface area contributed by atoms with Gasteiger partial charge in [0.1, 0.15) is 29.2 Å². The maximum Gasteiger partial charge on any atom is 0.257 e. The van der Waals surface area contributed by atoms with Crippen LogP contribution in [0.3, 0.4) is 0 Å². The SMILES string of the molecule is COOSc1ccc(Oc2cc(O[C@@H](C)CO)cc(C(=O)Nc3nc(C)ns3)c2)cc1. The Bertz CT molecular complexity index is 1010. The molecule has 31 heavy (non-hydrogen) atoms. The summed E-state index contributed by atoms with van der Waals surface area (Å²) in [5.74, 6) is 1.54. The molecule has 1 heterocycles. The van der Waals surface area contributed by atoms with E-state index >= 15 is 0 Å². The summed E-state index contributed by atoms with van der Waals surface area (Å²) >= 11 is 2.17. The standard InChI is InChI=1S/C20H21N3O6S2/c1-12(11-24)27-16-8-14(19(25)22-20-21-13(2)23-30-20)9-17(10-16)28-15-4-6-18(7-5-15)31-29-26-3/h4-10,12,24H,11H2,1-3H3,(H,21,22,23,25)/t12-/m0/s1. The Morgan fingerprint density at radius 2 is 1.94 bits per heavy atom. The highest BCUT2D eigenvalue weighted by Crippen LogP contribution is 2.30. The quantitative estimate of drug-likeness (QED) is 0.259. The molecule has 0 unspecified atom stereocenters. The van der Waals surface area contributed by atoms with Crippen molar-refractivity contribution >= 4 is 34.6 Å². The average Bonchev–Trinajstić information content (AvgIpc) is 3.17. The molecular weight excluding hydrogens is 442 g/mol. The van der Waals surface area contributed by atoms with Crippen LogP contribution >= 0.6 is 23.6 Å². The van der Waals surface area contributed by atoms with Crippen molar-refractivity contribution in [3.05, 3.63) is 53.9 Å². The van der Waals surface area contributed by atoms with E-state index < -0.39 is 6.10 Å². The third-order valence-corrected chi connectivity index (χ3v) is 5.13. The molecule has 164 valence electrons. The number of amides is 1. The number of nitrogens with zero attached hydrogens (tertiary/aromatic N) is 2. The lowest BCUT2D eigenvalue weighted by atomic mass is 10.2. The second kappa shape index (κ2) is 11.1. The van der Waals surface area contributed by atoms with E-state index in [1.165, 1.54) is 7.11 Å². The Hall–Kier alpha value is -2.70. The molecule has 2 aromatic carbocycles. The number of aliphatic hydroxyl groups excluding tert-OH is 1. The van der Waals surface area contributed by atoms with Crippen LogP contribution in [0.2, 0.25) is 0 Å². The number of aromatic nitrogens is 2. The van der Waals surface area contributed by atoms with Crippen molar-refractivity contribution in [3.8, 4) is 17.2 Å². The van der Waals surface area contributed by atoms with Gasteiger partial charge in [-0.1, -0.05) is 0 Å². The maximum atomic E-state index is 12.7. The molecule has 0 aliphatic carbocycles. The smallest absolute Gasteiger partial charge is 0.257 e. The van der Waals surface area contributed by atoms with Gasteiger partial charge in [-0.3, -0.25) is 10.1 Å². The second-order valence-corrected chi connectivity index (χ2v) is 7.82. The van der Waals surface area contributed by atoms with Crippen molar-refractivity contribution in [1.29, 1.82) is 0 Å². The molecule has 11 heteroatoms. The van der Waals surface area contributed by atoms with Crippen LogP contribution in [0.1, 0.15) is 23.1 Å². The third kappa shape index (κ3) is 6.91. The van der Waals surface area contributed by atoms with Gasteiger partial charge in [0.25, 0.3) is 5.91 Å². The van der Waals surface area contributed by atoms with Crippen LogP contribution in [0.25, 0.3) is 0 Å². The number of carbonyl (C=O) groups is 1. The minimum absolute atomic E-state index is 0.167. The van der Waals surface area contributed by atoms with Gasteiger partial charge in [-0.05, 0) is 50.2 Å². The molecule has 3 aromatic rings. The van der Waals surface area contributed by atoms with Gasteiger partial charge in [0, 0.05) is 28.1 Å². The van der Waals surface area contributed by atoms with Crippen molar-refractivity contribution < 1.29 is 28.6 Å². The van der Waals surface area contributed by atoms with Gasteiger partial charge in [-0.15, -0.1) is 0 Å². The fourth-order valence-electron chi connectivity index (χ4n) is 2.39. The lowest BCUT2D eigenvalue weighted by molar-refractivity contribution is -0.160. The zero-order valence-electron chi connectivity index (χ0n) is 17.0. The summed E-state index contributed by atoms with van der Waals surface area (Å²) in [6, 6.07) is 11.9.